The Morgan fingerprint density at radius 2 is 2.24 bits per heavy atom. The fraction of sp³-hybridized carbons (Fsp3) is 0.368. The molecule has 2 aromatic rings. The number of likely N-dealkylation sites (tertiary alicyclic amines) is 1. The number of nitrogens with zero attached hydrogens (tertiary/aromatic N) is 2. The zero-order valence-corrected chi connectivity index (χ0v) is 14.0. The average molecular weight is 342 g/mol. The van der Waals surface area contributed by atoms with Crippen molar-refractivity contribution in [3.8, 4) is 11.3 Å². The molecular weight excluding hydrogens is 320 g/mol. The SMILES string of the molecule is O=C(O)C1CCCN(CCO/N=C/c2ccccc2-c2ccco2)C1. The van der Waals surface area contributed by atoms with Crippen molar-refractivity contribution >= 4 is 12.2 Å². The molecule has 132 valence electrons. The van der Waals surface area contributed by atoms with Crippen LogP contribution >= 0.6 is 0 Å². The van der Waals surface area contributed by atoms with Gasteiger partial charge in [0.1, 0.15) is 12.4 Å². The number of carboxylic acids is 1. The number of piperidine rings is 1. The van der Waals surface area contributed by atoms with Crippen LogP contribution in [0.5, 0.6) is 0 Å². The highest BCUT2D eigenvalue weighted by atomic mass is 16.6. The first-order chi connectivity index (χ1) is 12.2. The van der Waals surface area contributed by atoms with E-state index in [0.717, 1.165) is 36.3 Å². The van der Waals surface area contributed by atoms with Crippen molar-refractivity contribution in [2.24, 2.45) is 11.1 Å². The number of oxime groups is 1. The Labute approximate surface area is 146 Å². The number of hydrogen-bond acceptors (Lipinski definition) is 5. The van der Waals surface area contributed by atoms with Gasteiger partial charge in [-0.05, 0) is 31.5 Å². The quantitative estimate of drug-likeness (QED) is 0.475. The second kappa shape index (κ2) is 8.48. The van der Waals surface area contributed by atoms with Crippen LogP contribution in [0.2, 0.25) is 0 Å². The Kier molecular flexibility index (Phi) is 5.85. The number of aliphatic carboxylic acids is 1. The highest BCUT2D eigenvalue weighted by molar-refractivity contribution is 5.88. The van der Waals surface area contributed by atoms with E-state index in [0.29, 0.717) is 19.7 Å². The van der Waals surface area contributed by atoms with Crippen LogP contribution in [-0.2, 0) is 9.63 Å². The summed E-state index contributed by atoms with van der Waals surface area (Å²) < 4.78 is 5.44. The van der Waals surface area contributed by atoms with Gasteiger partial charge in [0.15, 0.2) is 0 Å². The molecule has 1 aliphatic rings. The monoisotopic (exact) mass is 342 g/mol. The van der Waals surface area contributed by atoms with Gasteiger partial charge in [0, 0.05) is 24.2 Å². The van der Waals surface area contributed by atoms with Gasteiger partial charge in [-0.1, -0.05) is 29.4 Å². The molecule has 6 nitrogen and oxygen atoms in total. The van der Waals surface area contributed by atoms with Crippen LogP contribution in [0.15, 0.2) is 52.2 Å². The minimum atomic E-state index is -0.710. The third-order valence-corrected chi connectivity index (χ3v) is 4.37. The minimum Gasteiger partial charge on any atom is -0.481 e. The standard InChI is InChI=1S/C19H22N2O4/c22-19(23)16-6-3-9-21(14-16)10-12-25-20-13-15-5-1-2-7-17(15)18-8-4-11-24-18/h1-2,4-5,7-8,11,13,16H,3,6,9-10,12,14H2,(H,22,23)/b20-13+. The van der Waals surface area contributed by atoms with Crippen LogP contribution in [0.4, 0.5) is 0 Å². The molecule has 3 rings (SSSR count). The first-order valence-electron chi connectivity index (χ1n) is 8.47. The average Bonchev–Trinajstić information content (AvgIpc) is 3.16. The molecule has 0 bridgehead atoms. The van der Waals surface area contributed by atoms with Gasteiger partial charge in [-0.2, -0.15) is 0 Å². The van der Waals surface area contributed by atoms with E-state index in [1.165, 1.54) is 0 Å². The first-order valence-corrected chi connectivity index (χ1v) is 8.47. The summed E-state index contributed by atoms with van der Waals surface area (Å²) >= 11 is 0. The zero-order valence-electron chi connectivity index (χ0n) is 14.0. The maximum Gasteiger partial charge on any atom is 0.307 e. The molecule has 1 N–H and O–H groups in total. The summed E-state index contributed by atoms with van der Waals surface area (Å²) in [5.41, 5.74) is 1.88. The van der Waals surface area contributed by atoms with Gasteiger partial charge in [-0.15, -0.1) is 0 Å². The molecular formula is C19H22N2O4. The van der Waals surface area contributed by atoms with Crippen molar-refractivity contribution in [2.75, 3.05) is 26.2 Å². The molecule has 0 aliphatic carbocycles. The smallest absolute Gasteiger partial charge is 0.307 e. The Bertz CT molecular complexity index is 712. The van der Waals surface area contributed by atoms with Gasteiger partial charge in [-0.3, -0.25) is 9.69 Å². The van der Waals surface area contributed by atoms with E-state index in [-0.39, 0.29) is 5.92 Å². The second-order valence-electron chi connectivity index (χ2n) is 6.11. The molecule has 1 aliphatic heterocycles. The zero-order chi connectivity index (χ0) is 17.5. The molecule has 1 saturated heterocycles. The van der Waals surface area contributed by atoms with Crippen LogP contribution in [0.1, 0.15) is 18.4 Å². The van der Waals surface area contributed by atoms with Crippen LogP contribution in [-0.4, -0.2) is 48.4 Å². The Morgan fingerprint density at radius 3 is 3.04 bits per heavy atom. The lowest BCUT2D eigenvalue weighted by molar-refractivity contribution is -0.143. The molecule has 1 aromatic carbocycles. The molecule has 1 fully saturated rings. The maximum absolute atomic E-state index is 11.1. The van der Waals surface area contributed by atoms with E-state index in [9.17, 15) is 4.79 Å². The fourth-order valence-electron chi connectivity index (χ4n) is 3.04. The van der Waals surface area contributed by atoms with Crippen molar-refractivity contribution in [1.29, 1.82) is 0 Å². The lowest BCUT2D eigenvalue weighted by atomic mass is 9.98. The summed E-state index contributed by atoms with van der Waals surface area (Å²) in [7, 11) is 0. The summed E-state index contributed by atoms with van der Waals surface area (Å²) in [6, 6.07) is 11.6. The fourth-order valence-corrected chi connectivity index (χ4v) is 3.04. The Balaban J connectivity index is 1.49. The summed E-state index contributed by atoms with van der Waals surface area (Å²) in [6.45, 7) is 2.62. The van der Waals surface area contributed by atoms with Crippen molar-refractivity contribution in [3.63, 3.8) is 0 Å². The Hall–Kier alpha value is -2.60. The summed E-state index contributed by atoms with van der Waals surface area (Å²) in [4.78, 5) is 18.6. The number of carbonyl (C=O) groups is 1. The number of benzene rings is 1. The largest absolute Gasteiger partial charge is 0.481 e. The normalized spacial score (nSPS) is 18.5. The van der Waals surface area contributed by atoms with Gasteiger partial charge < -0.3 is 14.4 Å². The molecule has 1 aromatic heterocycles. The van der Waals surface area contributed by atoms with E-state index < -0.39 is 5.97 Å². The number of rotatable bonds is 7. The van der Waals surface area contributed by atoms with Crippen LogP contribution < -0.4 is 0 Å². The van der Waals surface area contributed by atoms with E-state index in [2.05, 4.69) is 10.1 Å². The highest BCUT2D eigenvalue weighted by Gasteiger charge is 2.24. The number of carboxylic acid groups (broad SMARTS) is 1. The van der Waals surface area contributed by atoms with E-state index in [1.807, 2.05) is 36.4 Å². The van der Waals surface area contributed by atoms with Crippen LogP contribution in [0.25, 0.3) is 11.3 Å². The topological polar surface area (TPSA) is 75.3 Å². The molecule has 1 atom stereocenters. The van der Waals surface area contributed by atoms with Gasteiger partial charge in [0.05, 0.1) is 18.4 Å². The summed E-state index contributed by atoms with van der Waals surface area (Å²) in [5.74, 6) is -0.189. The van der Waals surface area contributed by atoms with Crippen molar-refractivity contribution in [2.45, 2.75) is 12.8 Å². The molecule has 0 saturated carbocycles. The summed E-state index contributed by atoms with van der Waals surface area (Å²) in [5, 5.41) is 13.1. The molecule has 1 unspecified atom stereocenters. The predicted octanol–water partition coefficient (Wildman–Crippen LogP) is 3.09. The van der Waals surface area contributed by atoms with Crippen LogP contribution in [0, 0.1) is 5.92 Å². The Morgan fingerprint density at radius 1 is 1.36 bits per heavy atom. The molecule has 25 heavy (non-hydrogen) atoms. The third-order valence-electron chi connectivity index (χ3n) is 4.37. The van der Waals surface area contributed by atoms with Gasteiger partial charge in [-0.25, -0.2) is 0 Å². The van der Waals surface area contributed by atoms with Gasteiger partial charge in [0.25, 0.3) is 0 Å². The molecule has 2 heterocycles. The molecule has 0 radical (unpaired) electrons. The van der Waals surface area contributed by atoms with E-state index in [1.54, 1.807) is 12.5 Å². The van der Waals surface area contributed by atoms with Crippen LogP contribution in [0.3, 0.4) is 0 Å². The molecule has 0 spiro atoms. The third kappa shape index (κ3) is 4.70. The van der Waals surface area contributed by atoms with Crippen molar-refractivity contribution < 1.29 is 19.2 Å². The maximum atomic E-state index is 11.1. The lowest BCUT2D eigenvalue weighted by Gasteiger charge is -2.29. The molecule has 0 amide bonds. The molecule has 6 heteroatoms. The predicted molar refractivity (Wildman–Crippen MR) is 94.5 cm³/mol. The van der Waals surface area contributed by atoms with Gasteiger partial charge in [0.2, 0.25) is 0 Å². The van der Waals surface area contributed by atoms with Crippen molar-refractivity contribution in [3.05, 3.63) is 48.2 Å². The van der Waals surface area contributed by atoms with E-state index >= 15 is 0 Å². The van der Waals surface area contributed by atoms with Crippen molar-refractivity contribution in [1.82, 2.24) is 4.90 Å². The number of hydrogen-bond donors (Lipinski definition) is 1. The van der Waals surface area contributed by atoms with E-state index in [4.69, 9.17) is 14.4 Å². The van der Waals surface area contributed by atoms with Gasteiger partial charge >= 0.3 is 5.97 Å². The summed E-state index contributed by atoms with van der Waals surface area (Å²) in [6.07, 6.45) is 4.99. The number of furan rings is 1. The lowest BCUT2D eigenvalue weighted by Crippen LogP contribution is -2.40. The first kappa shape index (κ1) is 17.2. The highest BCUT2D eigenvalue weighted by Crippen LogP contribution is 2.22. The second-order valence-corrected chi connectivity index (χ2v) is 6.11. The minimum absolute atomic E-state index is 0.266.